The van der Waals surface area contributed by atoms with Gasteiger partial charge in [0.1, 0.15) is 11.4 Å². The number of hydrogen-bond donors (Lipinski definition) is 3. The van der Waals surface area contributed by atoms with Crippen LogP contribution >= 0.6 is 11.6 Å². The Hall–Kier alpha value is -2.79. The molecule has 116 valence electrons. The predicted octanol–water partition coefficient (Wildman–Crippen LogP) is 4.00. The van der Waals surface area contributed by atoms with Gasteiger partial charge in [-0.05, 0) is 42.8 Å². The zero-order valence-electron chi connectivity index (χ0n) is 12.3. The fourth-order valence-electron chi connectivity index (χ4n) is 2.19. The number of halogens is 1. The standard InChI is InChI=1S/C17H14ClN3O2/c1-10-6-7-11(16(22)8-10)14-9-15(21-20-14)17(23)19-13-5-3-2-4-12(13)18/h2-9,22H,1H3,(H,19,23)(H,20,21). The van der Waals surface area contributed by atoms with Crippen molar-refractivity contribution in [2.75, 3.05) is 5.32 Å². The molecule has 1 heterocycles. The molecule has 1 amide bonds. The molecule has 0 atom stereocenters. The van der Waals surface area contributed by atoms with Gasteiger partial charge in [0.25, 0.3) is 5.91 Å². The Kier molecular flexibility index (Phi) is 4.04. The average molecular weight is 328 g/mol. The lowest BCUT2D eigenvalue weighted by molar-refractivity contribution is 0.102. The molecule has 23 heavy (non-hydrogen) atoms. The number of benzene rings is 2. The van der Waals surface area contributed by atoms with Gasteiger partial charge in [0, 0.05) is 5.56 Å². The maximum Gasteiger partial charge on any atom is 0.273 e. The molecular formula is C17H14ClN3O2. The minimum Gasteiger partial charge on any atom is -0.507 e. The third-order valence-corrected chi connectivity index (χ3v) is 3.70. The number of hydrogen-bond acceptors (Lipinski definition) is 3. The molecule has 0 bridgehead atoms. The monoisotopic (exact) mass is 327 g/mol. The highest BCUT2D eigenvalue weighted by Crippen LogP contribution is 2.29. The molecule has 3 aromatic rings. The van der Waals surface area contributed by atoms with E-state index in [2.05, 4.69) is 15.5 Å². The van der Waals surface area contributed by atoms with Gasteiger partial charge in [-0.15, -0.1) is 0 Å². The first-order valence-corrected chi connectivity index (χ1v) is 7.33. The summed E-state index contributed by atoms with van der Waals surface area (Å²) in [5.41, 5.74) is 2.79. The molecule has 1 aromatic heterocycles. The number of nitrogens with zero attached hydrogens (tertiary/aromatic N) is 1. The number of carbonyl (C=O) groups excluding carboxylic acids is 1. The Labute approximate surface area is 137 Å². The molecule has 0 saturated carbocycles. The number of amides is 1. The summed E-state index contributed by atoms with van der Waals surface area (Å²) >= 11 is 6.02. The maximum absolute atomic E-state index is 12.2. The summed E-state index contributed by atoms with van der Waals surface area (Å²) in [7, 11) is 0. The van der Waals surface area contributed by atoms with Gasteiger partial charge in [0.2, 0.25) is 0 Å². The number of H-pyrrole nitrogens is 1. The number of para-hydroxylation sites is 1. The first kappa shape index (κ1) is 15.1. The van der Waals surface area contributed by atoms with Crippen molar-refractivity contribution in [2.45, 2.75) is 6.92 Å². The lowest BCUT2D eigenvalue weighted by atomic mass is 10.1. The number of aryl methyl sites for hydroxylation is 1. The number of aromatic hydroxyl groups is 1. The van der Waals surface area contributed by atoms with Gasteiger partial charge in [-0.25, -0.2) is 0 Å². The van der Waals surface area contributed by atoms with Crippen molar-refractivity contribution in [3.05, 3.63) is 64.8 Å². The Morgan fingerprint density at radius 1 is 1.22 bits per heavy atom. The number of carbonyl (C=O) groups is 1. The Morgan fingerprint density at radius 2 is 2.00 bits per heavy atom. The molecule has 2 aromatic carbocycles. The molecule has 0 aliphatic rings. The van der Waals surface area contributed by atoms with Crippen LogP contribution in [0.25, 0.3) is 11.3 Å². The lowest BCUT2D eigenvalue weighted by Crippen LogP contribution is -2.12. The number of aromatic amines is 1. The van der Waals surface area contributed by atoms with E-state index in [9.17, 15) is 9.90 Å². The second-order valence-electron chi connectivity index (χ2n) is 5.12. The third kappa shape index (κ3) is 3.19. The normalized spacial score (nSPS) is 10.5. The van der Waals surface area contributed by atoms with Crippen molar-refractivity contribution < 1.29 is 9.90 Å². The van der Waals surface area contributed by atoms with E-state index in [1.165, 1.54) is 0 Å². The molecule has 0 unspecified atom stereocenters. The van der Waals surface area contributed by atoms with Crippen molar-refractivity contribution in [3.63, 3.8) is 0 Å². The summed E-state index contributed by atoms with van der Waals surface area (Å²) in [5, 5.41) is 19.9. The summed E-state index contributed by atoms with van der Waals surface area (Å²) in [4.78, 5) is 12.2. The van der Waals surface area contributed by atoms with Gasteiger partial charge in [-0.3, -0.25) is 9.89 Å². The number of rotatable bonds is 3. The van der Waals surface area contributed by atoms with Crippen molar-refractivity contribution in [1.82, 2.24) is 10.2 Å². The van der Waals surface area contributed by atoms with E-state index < -0.39 is 0 Å². The number of phenolic OH excluding ortho intramolecular Hbond substituents is 1. The Morgan fingerprint density at radius 3 is 2.74 bits per heavy atom. The highest BCUT2D eigenvalue weighted by Gasteiger charge is 2.14. The number of phenols is 1. The van der Waals surface area contributed by atoms with E-state index >= 15 is 0 Å². The fourth-order valence-corrected chi connectivity index (χ4v) is 2.37. The zero-order chi connectivity index (χ0) is 16.4. The van der Waals surface area contributed by atoms with E-state index in [0.717, 1.165) is 5.56 Å². The predicted molar refractivity (Wildman–Crippen MR) is 89.8 cm³/mol. The molecule has 3 rings (SSSR count). The molecule has 0 spiro atoms. The highest BCUT2D eigenvalue weighted by atomic mass is 35.5. The van der Waals surface area contributed by atoms with Crippen molar-refractivity contribution in [3.8, 4) is 17.0 Å². The van der Waals surface area contributed by atoms with Gasteiger partial charge >= 0.3 is 0 Å². The largest absolute Gasteiger partial charge is 0.507 e. The molecule has 0 fully saturated rings. The minimum absolute atomic E-state index is 0.120. The van der Waals surface area contributed by atoms with E-state index in [0.29, 0.717) is 22.0 Å². The van der Waals surface area contributed by atoms with Crippen LogP contribution in [0.15, 0.2) is 48.5 Å². The number of aromatic nitrogens is 2. The first-order chi connectivity index (χ1) is 11.0. The first-order valence-electron chi connectivity index (χ1n) is 6.96. The Bertz CT molecular complexity index is 874. The molecular weight excluding hydrogens is 314 g/mol. The van der Waals surface area contributed by atoms with Crippen LogP contribution in [0.1, 0.15) is 16.1 Å². The zero-order valence-corrected chi connectivity index (χ0v) is 13.1. The molecule has 0 aliphatic heterocycles. The third-order valence-electron chi connectivity index (χ3n) is 3.37. The summed E-state index contributed by atoms with van der Waals surface area (Å²) in [6, 6.07) is 13.8. The smallest absolute Gasteiger partial charge is 0.273 e. The van der Waals surface area contributed by atoms with E-state index in [1.807, 2.05) is 13.0 Å². The van der Waals surface area contributed by atoms with E-state index in [4.69, 9.17) is 11.6 Å². The Balaban J connectivity index is 1.84. The van der Waals surface area contributed by atoms with E-state index in [1.54, 1.807) is 42.5 Å². The van der Waals surface area contributed by atoms with Gasteiger partial charge in [0.05, 0.1) is 16.4 Å². The van der Waals surface area contributed by atoms with Crippen LogP contribution in [0.2, 0.25) is 5.02 Å². The van der Waals surface area contributed by atoms with Crippen LogP contribution in [0, 0.1) is 6.92 Å². The van der Waals surface area contributed by atoms with Crippen LogP contribution in [0.4, 0.5) is 5.69 Å². The topological polar surface area (TPSA) is 78.0 Å². The maximum atomic E-state index is 12.2. The summed E-state index contributed by atoms with van der Waals surface area (Å²) < 4.78 is 0. The molecule has 3 N–H and O–H groups in total. The fraction of sp³-hybridized carbons (Fsp3) is 0.0588. The van der Waals surface area contributed by atoms with Gasteiger partial charge in [0.15, 0.2) is 0 Å². The van der Waals surface area contributed by atoms with Crippen LogP contribution in [0.5, 0.6) is 5.75 Å². The molecule has 0 saturated heterocycles. The van der Waals surface area contributed by atoms with Gasteiger partial charge < -0.3 is 10.4 Å². The summed E-state index contributed by atoms with van der Waals surface area (Å²) in [6.07, 6.45) is 0. The molecule has 5 nitrogen and oxygen atoms in total. The number of anilines is 1. The summed E-state index contributed by atoms with van der Waals surface area (Å²) in [6.45, 7) is 1.89. The SMILES string of the molecule is Cc1ccc(-c2cc(C(=O)Nc3ccccc3Cl)[nH]n2)c(O)c1. The van der Waals surface area contributed by atoms with Gasteiger partial charge in [-0.1, -0.05) is 29.8 Å². The van der Waals surface area contributed by atoms with Crippen molar-refractivity contribution in [1.29, 1.82) is 0 Å². The number of nitrogens with one attached hydrogen (secondary N) is 2. The van der Waals surface area contributed by atoms with Crippen molar-refractivity contribution >= 4 is 23.2 Å². The summed E-state index contributed by atoms with van der Waals surface area (Å²) in [5.74, 6) is -0.238. The van der Waals surface area contributed by atoms with Crippen LogP contribution in [-0.4, -0.2) is 21.2 Å². The second kappa shape index (κ2) is 6.14. The van der Waals surface area contributed by atoms with Crippen LogP contribution in [-0.2, 0) is 0 Å². The van der Waals surface area contributed by atoms with Gasteiger partial charge in [-0.2, -0.15) is 5.10 Å². The quantitative estimate of drug-likeness (QED) is 0.680. The molecule has 0 aliphatic carbocycles. The molecule has 0 radical (unpaired) electrons. The van der Waals surface area contributed by atoms with Crippen molar-refractivity contribution in [2.24, 2.45) is 0 Å². The highest BCUT2D eigenvalue weighted by molar-refractivity contribution is 6.33. The van der Waals surface area contributed by atoms with Crippen LogP contribution in [0.3, 0.4) is 0 Å². The van der Waals surface area contributed by atoms with E-state index in [-0.39, 0.29) is 17.4 Å². The second-order valence-corrected chi connectivity index (χ2v) is 5.53. The molecule has 6 heteroatoms. The average Bonchev–Trinajstić information content (AvgIpc) is 2.99. The lowest BCUT2D eigenvalue weighted by Gasteiger charge is -2.04. The van der Waals surface area contributed by atoms with Crippen LogP contribution < -0.4 is 5.32 Å². The minimum atomic E-state index is -0.358.